The molecule has 0 unspecified atom stereocenters. The van der Waals surface area contributed by atoms with Crippen LogP contribution in [-0.4, -0.2) is 24.1 Å². The monoisotopic (exact) mass is 395 g/mol. The second-order valence-corrected chi connectivity index (χ2v) is 8.74. The van der Waals surface area contributed by atoms with Gasteiger partial charge >= 0.3 is 0 Å². The Morgan fingerprint density at radius 2 is 2.00 bits per heavy atom. The van der Waals surface area contributed by atoms with Crippen LogP contribution >= 0.6 is 23.2 Å². The van der Waals surface area contributed by atoms with E-state index in [1.807, 2.05) is 0 Å². The summed E-state index contributed by atoms with van der Waals surface area (Å²) in [5.74, 6) is -0.169. The fourth-order valence-electron chi connectivity index (χ4n) is 4.20. The Bertz CT molecular complexity index is 791. The van der Waals surface area contributed by atoms with Crippen LogP contribution in [0.4, 0.5) is 0 Å². The van der Waals surface area contributed by atoms with Crippen molar-refractivity contribution in [2.45, 2.75) is 40.0 Å². The van der Waals surface area contributed by atoms with Crippen LogP contribution in [0.1, 0.15) is 50.4 Å². The van der Waals surface area contributed by atoms with Gasteiger partial charge in [-0.2, -0.15) is 5.10 Å². The van der Waals surface area contributed by atoms with E-state index < -0.39 is 5.91 Å². The van der Waals surface area contributed by atoms with Gasteiger partial charge in [0.05, 0.1) is 17.1 Å². The molecule has 0 heterocycles. The number of nitrogens with one attached hydrogen (secondary N) is 2. The van der Waals surface area contributed by atoms with E-state index in [-0.39, 0.29) is 33.9 Å². The molecule has 0 aliphatic heterocycles. The van der Waals surface area contributed by atoms with Gasteiger partial charge in [-0.25, -0.2) is 5.43 Å². The smallest absolute Gasteiger partial charge is 0.259 e. The van der Waals surface area contributed by atoms with Gasteiger partial charge in [-0.15, -0.1) is 0 Å². The van der Waals surface area contributed by atoms with Crippen LogP contribution in [0.5, 0.6) is 0 Å². The molecule has 2 bridgehead atoms. The molecule has 2 atom stereocenters. The quantitative estimate of drug-likeness (QED) is 0.754. The molecule has 0 radical (unpaired) electrons. The van der Waals surface area contributed by atoms with Crippen LogP contribution in [0.25, 0.3) is 0 Å². The van der Waals surface area contributed by atoms with E-state index in [1.54, 1.807) is 6.07 Å². The zero-order valence-electron chi connectivity index (χ0n) is 15.2. The van der Waals surface area contributed by atoms with Crippen LogP contribution in [0, 0.1) is 16.7 Å². The first-order chi connectivity index (χ1) is 12.1. The molecule has 26 heavy (non-hydrogen) atoms. The molecule has 0 saturated heterocycles. The first-order valence-corrected chi connectivity index (χ1v) is 9.50. The molecule has 3 rings (SSSR count). The Morgan fingerprint density at radius 1 is 1.27 bits per heavy atom. The van der Waals surface area contributed by atoms with E-state index in [4.69, 9.17) is 23.2 Å². The average Bonchev–Trinajstić information content (AvgIpc) is 2.91. The molecule has 140 valence electrons. The summed E-state index contributed by atoms with van der Waals surface area (Å²) in [5.41, 5.74) is 4.15. The van der Waals surface area contributed by atoms with E-state index in [0.29, 0.717) is 10.9 Å². The summed E-state index contributed by atoms with van der Waals surface area (Å²) < 4.78 is 0. The third kappa shape index (κ3) is 3.23. The fourth-order valence-corrected chi connectivity index (χ4v) is 4.69. The predicted octanol–water partition coefficient (Wildman–Crippen LogP) is 4.04. The molecule has 2 aliphatic rings. The van der Waals surface area contributed by atoms with E-state index in [2.05, 4.69) is 36.6 Å². The maximum absolute atomic E-state index is 12.1. The summed E-state index contributed by atoms with van der Waals surface area (Å²) in [4.78, 5) is 24.2. The molecule has 0 aromatic heterocycles. The van der Waals surface area contributed by atoms with Crippen molar-refractivity contribution in [1.82, 2.24) is 10.7 Å². The lowest BCUT2D eigenvalue weighted by Gasteiger charge is -2.34. The molecule has 1 aromatic carbocycles. The molecule has 5 nitrogen and oxygen atoms in total. The highest BCUT2D eigenvalue weighted by atomic mass is 35.5. The molecule has 2 saturated carbocycles. The standard InChI is InChI=1S/C19H23Cl2N3O2/c1-18(2)11-6-7-19(18,3)15(8-11)23-24-16(25)10-22-17(26)13-5-4-12(20)9-14(13)21/h4-5,9,11H,6-8,10H2,1-3H3,(H,22,26)(H,24,25)/b23-15+/t11-,19-/m1/s1. The lowest BCUT2D eigenvalue weighted by molar-refractivity contribution is -0.120. The van der Waals surface area contributed by atoms with Gasteiger partial charge in [0.15, 0.2) is 0 Å². The molecule has 2 aliphatic carbocycles. The number of carbonyl (C=O) groups is 2. The highest BCUT2D eigenvalue weighted by Crippen LogP contribution is 2.63. The second-order valence-electron chi connectivity index (χ2n) is 7.89. The Balaban J connectivity index is 1.56. The number of benzene rings is 1. The van der Waals surface area contributed by atoms with Crippen molar-refractivity contribution in [2.24, 2.45) is 21.8 Å². The van der Waals surface area contributed by atoms with Gasteiger partial charge < -0.3 is 5.32 Å². The molecular weight excluding hydrogens is 373 g/mol. The average molecular weight is 396 g/mol. The summed E-state index contributed by atoms with van der Waals surface area (Å²) in [6, 6.07) is 4.59. The Kier molecular flexibility index (Phi) is 5.06. The molecule has 2 amide bonds. The fraction of sp³-hybridized carbons (Fsp3) is 0.526. The van der Waals surface area contributed by atoms with Gasteiger partial charge in [0.25, 0.3) is 11.8 Å². The minimum atomic E-state index is -0.428. The highest BCUT2D eigenvalue weighted by Gasteiger charge is 2.59. The molecular formula is C19H23Cl2N3O2. The first kappa shape index (κ1) is 19.2. The third-order valence-electron chi connectivity index (χ3n) is 6.41. The van der Waals surface area contributed by atoms with Crippen LogP contribution < -0.4 is 10.7 Å². The summed E-state index contributed by atoms with van der Waals surface area (Å²) in [6.07, 6.45) is 3.25. The van der Waals surface area contributed by atoms with Crippen LogP contribution in [0.3, 0.4) is 0 Å². The van der Waals surface area contributed by atoms with Crippen molar-refractivity contribution in [3.8, 4) is 0 Å². The van der Waals surface area contributed by atoms with Crippen molar-refractivity contribution >= 4 is 40.7 Å². The maximum atomic E-state index is 12.1. The lowest BCUT2D eigenvalue weighted by atomic mass is 9.70. The molecule has 0 spiro atoms. The van der Waals surface area contributed by atoms with Crippen molar-refractivity contribution in [3.63, 3.8) is 0 Å². The van der Waals surface area contributed by atoms with Gasteiger partial charge in [0.1, 0.15) is 0 Å². The Hall–Kier alpha value is -1.59. The van der Waals surface area contributed by atoms with E-state index in [1.165, 1.54) is 18.6 Å². The van der Waals surface area contributed by atoms with Crippen molar-refractivity contribution < 1.29 is 9.59 Å². The van der Waals surface area contributed by atoms with E-state index in [0.717, 1.165) is 18.6 Å². The minimum Gasteiger partial charge on any atom is -0.343 e. The maximum Gasteiger partial charge on any atom is 0.259 e. The third-order valence-corrected chi connectivity index (χ3v) is 6.96. The lowest BCUT2D eigenvalue weighted by Crippen LogP contribution is -2.37. The van der Waals surface area contributed by atoms with Gasteiger partial charge in [-0.3, -0.25) is 9.59 Å². The normalized spacial score (nSPS) is 27.6. The molecule has 2 N–H and O–H groups in total. The van der Waals surface area contributed by atoms with Crippen LogP contribution in [0.15, 0.2) is 23.3 Å². The zero-order valence-corrected chi connectivity index (χ0v) is 16.7. The second kappa shape index (κ2) is 6.86. The SMILES string of the molecule is CC1(C)[C@@H]2CC[C@]1(C)/C(=N/NC(=O)CNC(=O)c1ccc(Cl)cc1Cl)C2. The minimum absolute atomic E-state index is 0.0328. The number of amides is 2. The predicted molar refractivity (Wildman–Crippen MR) is 104 cm³/mol. The summed E-state index contributed by atoms with van der Waals surface area (Å²) in [5, 5.41) is 7.61. The van der Waals surface area contributed by atoms with Gasteiger partial charge in [-0.05, 0) is 48.8 Å². The highest BCUT2D eigenvalue weighted by molar-refractivity contribution is 6.36. The number of hydrazone groups is 1. The molecule has 7 heteroatoms. The summed E-state index contributed by atoms with van der Waals surface area (Å²) in [7, 11) is 0. The van der Waals surface area contributed by atoms with E-state index in [9.17, 15) is 9.59 Å². The van der Waals surface area contributed by atoms with Crippen molar-refractivity contribution in [1.29, 1.82) is 0 Å². The summed E-state index contributed by atoms with van der Waals surface area (Å²) in [6.45, 7) is 6.63. The number of hydrogen-bond acceptors (Lipinski definition) is 3. The van der Waals surface area contributed by atoms with Crippen LogP contribution in [0.2, 0.25) is 10.0 Å². The van der Waals surface area contributed by atoms with Gasteiger partial charge in [-0.1, -0.05) is 44.0 Å². The number of nitrogens with zero attached hydrogens (tertiary/aromatic N) is 1. The van der Waals surface area contributed by atoms with Crippen molar-refractivity contribution in [2.75, 3.05) is 6.54 Å². The number of rotatable bonds is 4. The Morgan fingerprint density at radius 3 is 2.58 bits per heavy atom. The van der Waals surface area contributed by atoms with Crippen molar-refractivity contribution in [3.05, 3.63) is 33.8 Å². The van der Waals surface area contributed by atoms with E-state index >= 15 is 0 Å². The van der Waals surface area contributed by atoms with Gasteiger partial charge in [0, 0.05) is 16.1 Å². The largest absolute Gasteiger partial charge is 0.343 e. The number of hydrogen-bond donors (Lipinski definition) is 2. The number of fused-ring (bicyclic) bond motifs is 2. The Labute approximate surface area is 163 Å². The zero-order chi connectivity index (χ0) is 19.1. The molecule has 2 fully saturated rings. The van der Waals surface area contributed by atoms with Gasteiger partial charge in [0.2, 0.25) is 0 Å². The molecule has 1 aromatic rings. The number of carbonyl (C=O) groups excluding carboxylic acids is 2. The topological polar surface area (TPSA) is 70.6 Å². The first-order valence-electron chi connectivity index (χ1n) is 8.74. The summed E-state index contributed by atoms with van der Waals surface area (Å²) >= 11 is 11.8. The number of halogens is 2. The van der Waals surface area contributed by atoms with Crippen LogP contribution in [-0.2, 0) is 4.79 Å².